The lowest BCUT2D eigenvalue weighted by Gasteiger charge is -2.08. The average Bonchev–Trinajstić information content (AvgIpc) is 2.58. The van der Waals surface area contributed by atoms with E-state index in [2.05, 4.69) is 6.07 Å². The van der Waals surface area contributed by atoms with Crippen molar-refractivity contribution in [1.29, 1.82) is 0 Å². The zero-order chi connectivity index (χ0) is 10.8. The van der Waals surface area contributed by atoms with Crippen LogP contribution in [0.5, 0.6) is 5.75 Å². The van der Waals surface area contributed by atoms with Gasteiger partial charge in [0.25, 0.3) is 0 Å². The van der Waals surface area contributed by atoms with Crippen molar-refractivity contribution < 1.29 is 14.3 Å². The number of fused-ring (bicyclic) bond motifs is 1. The Morgan fingerprint density at radius 2 is 2.20 bits per heavy atom. The molecule has 3 nitrogen and oxygen atoms in total. The van der Waals surface area contributed by atoms with Crippen LogP contribution < -0.4 is 4.74 Å². The lowest BCUT2D eigenvalue weighted by molar-refractivity contribution is -0.145. The second-order valence-corrected chi connectivity index (χ2v) is 3.74. The minimum absolute atomic E-state index is 0.0196. The van der Waals surface area contributed by atoms with Crippen LogP contribution in [0.4, 0.5) is 0 Å². The number of carbonyl (C=O) groups is 1. The fourth-order valence-corrected chi connectivity index (χ4v) is 2.09. The summed E-state index contributed by atoms with van der Waals surface area (Å²) in [5, 5.41) is 0. The lowest BCUT2D eigenvalue weighted by atomic mass is 10.1. The third kappa shape index (κ3) is 1.96. The fourth-order valence-electron chi connectivity index (χ4n) is 2.09. The van der Waals surface area contributed by atoms with Gasteiger partial charge in [-0.2, -0.15) is 0 Å². The molecule has 15 heavy (non-hydrogen) atoms. The molecule has 1 aromatic rings. The summed E-state index contributed by atoms with van der Waals surface area (Å²) in [5.74, 6) is 0.675. The lowest BCUT2D eigenvalue weighted by Crippen LogP contribution is -2.15. The van der Waals surface area contributed by atoms with Gasteiger partial charge in [-0.05, 0) is 11.6 Å². The third-order valence-electron chi connectivity index (χ3n) is 2.66. The highest BCUT2D eigenvalue weighted by Gasteiger charge is 2.26. The molecular weight excluding hydrogens is 192 g/mol. The molecule has 0 bridgehead atoms. The Kier molecular flexibility index (Phi) is 2.62. The Balaban J connectivity index is 2.19. The molecule has 0 saturated heterocycles. The Labute approximate surface area is 89.0 Å². The van der Waals surface area contributed by atoms with Crippen LogP contribution in [0.25, 0.3) is 0 Å². The van der Waals surface area contributed by atoms with Crippen LogP contribution in [-0.2, 0) is 22.4 Å². The first-order valence-electron chi connectivity index (χ1n) is 5.02. The molecule has 1 aliphatic carbocycles. The minimum Gasteiger partial charge on any atom is -0.496 e. The molecule has 0 aromatic heterocycles. The second-order valence-electron chi connectivity index (χ2n) is 3.74. The summed E-state index contributed by atoms with van der Waals surface area (Å²) < 4.78 is 10.5. The largest absolute Gasteiger partial charge is 0.496 e. The van der Waals surface area contributed by atoms with Gasteiger partial charge < -0.3 is 9.47 Å². The van der Waals surface area contributed by atoms with Gasteiger partial charge in [-0.1, -0.05) is 12.1 Å². The van der Waals surface area contributed by atoms with Gasteiger partial charge in [0.1, 0.15) is 11.9 Å². The average molecular weight is 206 g/mol. The maximum Gasteiger partial charge on any atom is 0.302 e. The number of rotatable bonds is 2. The minimum atomic E-state index is -0.216. The predicted octanol–water partition coefficient (Wildman–Crippen LogP) is 1.73. The molecule has 80 valence electrons. The topological polar surface area (TPSA) is 35.5 Å². The van der Waals surface area contributed by atoms with Crippen molar-refractivity contribution in [1.82, 2.24) is 0 Å². The molecule has 0 heterocycles. The first-order valence-corrected chi connectivity index (χ1v) is 5.02. The smallest absolute Gasteiger partial charge is 0.302 e. The molecule has 0 spiro atoms. The van der Waals surface area contributed by atoms with E-state index in [1.54, 1.807) is 7.11 Å². The molecule has 1 aliphatic rings. The first-order chi connectivity index (χ1) is 7.20. The van der Waals surface area contributed by atoms with E-state index in [9.17, 15) is 4.79 Å². The fraction of sp³-hybridized carbons (Fsp3) is 0.417. The highest BCUT2D eigenvalue weighted by Crippen LogP contribution is 2.31. The SMILES string of the molecule is COc1cccc2c1CC(OC(C)=O)C2. The number of esters is 1. The molecule has 3 heteroatoms. The number of hydrogen-bond acceptors (Lipinski definition) is 3. The molecule has 0 fully saturated rings. The van der Waals surface area contributed by atoms with Crippen LogP contribution in [0.2, 0.25) is 0 Å². The van der Waals surface area contributed by atoms with Crippen LogP contribution in [0.15, 0.2) is 18.2 Å². The van der Waals surface area contributed by atoms with Crippen LogP contribution in [0, 0.1) is 0 Å². The molecule has 1 unspecified atom stereocenters. The summed E-state index contributed by atoms with van der Waals surface area (Å²) in [6, 6.07) is 5.96. The van der Waals surface area contributed by atoms with Crippen LogP contribution >= 0.6 is 0 Å². The number of carbonyl (C=O) groups excluding carboxylic acids is 1. The third-order valence-corrected chi connectivity index (χ3v) is 2.66. The van der Waals surface area contributed by atoms with Crippen LogP contribution in [0.3, 0.4) is 0 Å². The quantitative estimate of drug-likeness (QED) is 0.691. The molecule has 1 atom stereocenters. The molecule has 0 saturated carbocycles. The Bertz CT molecular complexity index is 384. The van der Waals surface area contributed by atoms with E-state index in [0.29, 0.717) is 0 Å². The molecule has 0 amide bonds. The van der Waals surface area contributed by atoms with E-state index in [0.717, 1.165) is 18.6 Å². The summed E-state index contributed by atoms with van der Waals surface area (Å²) >= 11 is 0. The summed E-state index contributed by atoms with van der Waals surface area (Å²) in [6.45, 7) is 1.44. The first kappa shape index (κ1) is 10.0. The van der Waals surface area contributed by atoms with Gasteiger partial charge in [0.2, 0.25) is 0 Å². The number of methoxy groups -OCH3 is 1. The van der Waals surface area contributed by atoms with Gasteiger partial charge in [0, 0.05) is 25.3 Å². The molecule has 1 aromatic carbocycles. The molecular formula is C12H14O3. The standard InChI is InChI=1S/C12H14O3/c1-8(13)15-10-6-9-4-3-5-12(14-2)11(9)7-10/h3-5,10H,6-7H2,1-2H3. The van der Waals surface area contributed by atoms with E-state index >= 15 is 0 Å². The number of ether oxygens (including phenoxy) is 2. The van der Waals surface area contributed by atoms with Gasteiger partial charge in [0.05, 0.1) is 7.11 Å². The summed E-state index contributed by atoms with van der Waals surface area (Å²) in [6.07, 6.45) is 1.54. The Morgan fingerprint density at radius 3 is 2.87 bits per heavy atom. The normalized spacial score (nSPS) is 18.4. The zero-order valence-corrected chi connectivity index (χ0v) is 8.95. The van der Waals surface area contributed by atoms with Gasteiger partial charge in [-0.25, -0.2) is 0 Å². The van der Waals surface area contributed by atoms with Crippen molar-refractivity contribution >= 4 is 5.97 Å². The van der Waals surface area contributed by atoms with Gasteiger partial charge >= 0.3 is 5.97 Å². The van der Waals surface area contributed by atoms with Crippen molar-refractivity contribution in [2.45, 2.75) is 25.9 Å². The van der Waals surface area contributed by atoms with E-state index in [-0.39, 0.29) is 12.1 Å². The summed E-state index contributed by atoms with van der Waals surface area (Å²) in [4.78, 5) is 10.9. The molecule has 2 rings (SSSR count). The number of benzene rings is 1. The van der Waals surface area contributed by atoms with E-state index in [1.165, 1.54) is 18.1 Å². The molecule has 0 radical (unpaired) electrons. The van der Waals surface area contributed by atoms with E-state index in [4.69, 9.17) is 9.47 Å². The van der Waals surface area contributed by atoms with Crippen molar-refractivity contribution in [3.63, 3.8) is 0 Å². The Hall–Kier alpha value is -1.51. The summed E-state index contributed by atoms with van der Waals surface area (Å²) in [5.41, 5.74) is 2.40. The molecule has 0 N–H and O–H groups in total. The van der Waals surface area contributed by atoms with Crippen molar-refractivity contribution in [2.24, 2.45) is 0 Å². The van der Waals surface area contributed by atoms with Crippen molar-refractivity contribution in [3.8, 4) is 5.75 Å². The zero-order valence-electron chi connectivity index (χ0n) is 8.95. The highest BCUT2D eigenvalue weighted by atomic mass is 16.5. The van der Waals surface area contributed by atoms with Crippen molar-refractivity contribution in [2.75, 3.05) is 7.11 Å². The van der Waals surface area contributed by atoms with Gasteiger partial charge in [0.15, 0.2) is 0 Å². The highest BCUT2D eigenvalue weighted by molar-refractivity contribution is 5.66. The number of hydrogen-bond donors (Lipinski definition) is 0. The monoisotopic (exact) mass is 206 g/mol. The summed E-state index contributed by atoms with van der Waals surface area (Å²) in [7, 11) is 1.66. The van der Waals surface area contributed by atoms with E-state index in [1.807, 2.05) is 12.1 Å². The van der Waals surface area contributed by atoms with Gasteiger partial charge in [-0.15, -0.1) is 0 Å². The van der Waals surface area contributed by atoms with Crippen LogP contribution in [0.1, 0.15) is 18.1 Å². The van der Waals surface area contributed by atoms with Gasteiger partial charge in [-0.3, -0.25) is 4.79 Å². The maximum atomic E-state index is 10.9. The molecule has 0 aliphatic heterocycles. The second kappa shape index (κ2) is 3.93. The maximum absolute atomic E-state index is 10.9. The van der Waals surface area contributed by atoms with Crippen LogP contribution in [-0.4, -0.2) is 19.2 Å². The van der Waals surface area contributed by atoms with E-state index < -0.39 is 0 Å². The Morgan fingerprint density at radius 1 is 1.40 bits per heavy atom. The predicted molar refractivity (Wildman–Crippen MR) is 56.0 cm³/mol. The van der Waals surface area contributed by atoms with Crippen molar-refractivity contribution in [3.05, 3.63) is 29.3 Å².